The molecule has 3 aromatic carbocycles. The second kappa shape index (κ2) is 14.0. The summed E-state index contributed by atoms with van der Waals surface area (Å²) in [4.78, 5) is 48.8. The van der Waals surface area contributed by atoms with E-state index in [1.807, 2.05) is 86.3 Å². The summed E-state index contributed by atoms with van der Waals surface area (Å²) in [5.74, 6) is 0.501. The van der Waals surface area contributed by atoms with Crippen LogP contribution in [-0.2, 0) is 20.7 Å². The van der Waals surface area contributed by atoms with Gasteiger partial charge >= 0.3 is 6.09 Å². The van der Waals surface area contributed by atoms with Gasteiger partial charge in [-0.15, -0.1) is 0 Å². The molecule has 246 valence electrons. The quantitative estimate of drug-likeness (QED) is 0.259. The van der Waals surface area contributed by atoms with Gasteiger partial charge in [0, 0.05) is 50.1 Å². The lowest BCUT2D eigenvalue weighted by atomic mass is 9.94. The maximum Gasteiger partial charge on any atom is 0.410 e. The van der Waals surface area contributed by atoms with E-state index in [4.69, 9.17) is 9.72 Å². The van der Waals surface area contributed by atoms with E-state index in [1.165, 1.54) is 0 Å². The molecule has 0 radical (unpaired) electrons. The van der Waals surface area contributed by atoms with Gasteiger partial charge < -0.3 is 24.4 Å². The topological polar surface area (TPSA) is 96.8 Å². The summed E-state index contributed by atoms with van der Waals surface area (Å²) in [7, 11) is 0. The van der Waals surface area contributed by atoms with Gasteiger partial charge in [0.15, 0.2) is 0 Å². The summed E-state index contributed by atoms with van der Waals surface area (Å²) in [6.07, 6.45) is 2.72. The Bertz CT molecular complexity index is 1680. The normalized spacial score (nSPS) is 17.0. The lowest BCUT2D eigenvalue weighted by Gasteiger charge is -2.36. The van der Waals surface area contributed by atoms with Gasteiger partial charge in [-0.3, -0.25) is 9.59 Å². The monoisotopic (exact) mass is 635 g/mol. The minimum absolute atomic E-state index is 0.0504. The number of carbonyl (C=O) groups is 3. The van der Waals surface area contributed by atoms with E-state index in [-0.39, 0.29) is 29.9 Å². The molecular weight excluding hydrogens is 590 g/mol. The van der Waals surface area contributed by atoms with Crippen molar-refractivity contribution in [2.24, 2.45) is 5.92 Å². The number of hydrogen-bond acceptors (Lipinski definition) is 5. The number of carbonyl (C=O) groups excluding carboxylic acids is 3. The number of fused-ring (bicyclic) bond motifs is 1. The van der Waals surface area contributed by atoms with Crippen LogP contribution in [0.2, 0.25) is 0 Å². The Labute approximate surface area is 276 Å². The largest absolute Gasteiger partial charge is 0.444 e. The maximum absolute atomic E-state index is 14.1. The fourth-order valence-corrected chi connectivity index (χ4v) is 6.76. The number of likely N-dealkylation sites (tertiary alicyclic amines) is 2. The molecule has 2 fully saturated rings. The summed E-state index contributed by atoms with van der Waals surface area (Å²) < 4.78 is 7.86. The molecule has 2 saturated heterocycles. The van der Waals surface area contributed by atoms with Crippen LogP contribution < -0.4 is 5.32 Å². The zero-order valence-corrected chi connectivity index (χ0v) is 27.6. The number of rotatable bonds is 7. The molecule has 3 heterocycles. The van der Waals surface area contributed by atoms with Crippen LogP contribution in [0.3, 0.4) is 0 Å². The SMILES string of the molecule is CC(C)(C)OC(=O)N1CCC(C(=O)NC(Cc2ccccc2)C(=O)N2CCC(n3c(-c4ccccc4)nc4ccccc43)CC2)CC1. The van der Waals surface area contributed by atoms with Crippen molar-refractivity contribution in [3.8, 4) is 11.4 Å². The van der Waals surface area contributed by atoms with Crippen molar-refractivity contribution < 1.29 is 19.1 Å². The van der Waals surface area contributed by atoms with Gasteiger partial charge in [0.1, 0.15) is 17.5 Å². The molecule has 0 aliphatic carbocycles. The van der Waals surface area contributed by atoms with E-state index in [1.54, 1.807) is 4.90 Å². The van der Waals surface area contributed by atoms with Crippen LogP contribution >= 0.6 is 0 Å². The molecule has 1 unspecified atom stereocenters. The standard InChI is InChI=1S/C38H45N5O4/c1-38(2,3)47-37(46)42-22-18-29(19-23-42)35(44)40-32(26-27-12-6-4-7-13-27)36(45)41-24-20-30(21-25-41)43-33-17-11-10-16-31(33)39-34(43)28-14-8-5-9-15-28/h4-17,29-30,32H,18-26H2,1-3H3,(H,40,44). The third-order valence-electron chi connectivity index (χ3n) is 9.18. The maximum atomic E-state index is 14.1. The van der Waals surface area contributed by atoms with Crippen LogP contribution in [0.4, 0.5) is 4.79 Å². The first kappa shape index (κ1) is 32.3. The van der Waals surface area contributed by atoms with E-state index >= 15 is 0 Å². The summed E-state index contributed by atoms with van der Waals surface area (Å²) in [6.45, 7) is 7.63. The second-order valence-corrected chi connectivity index (χ2v) is 13.7. The van der Waals surface area contributed by atoms with Gasteiger partial charge in [0.2, 0.25) is 11.8 Å². The molecule has 6 rings (SSSR count). The molecule has 0 bridgehead atoms. The van der Waals surface area contributed by atoms with E-state index in [2.05, 4.69) is 34.1 Å². The van der Waals surface area contributed by atoms with Gasteiger partial charge in [-0.05, 0) is 64.2 Å². The Kier molecular flexibility index (Phi) is 9.61. The molecule has 9 nitrogen and oxygen atoms in total. The van der Waals surface area contributed by atoms with Crippen molar-refractivity contribution in [1.82, 2.24) is 24.7 Å². The molecule has 1 aromatic heterocycles. The number of hydrogen-bond donors (Lipinski definition) is 1. The zero-order valence-electron chi connectivity index (χ0n) is 27.6. The van der Waals surface area contributed by atoms with Gasteiger partial charge in [0.05, 0.1) is 11.0 Å². The molecule has 2 aliphatic heterocycles. The van der Waals surface area contributed by atoms with E-state index in [0.29, 0.717) is 45.4 Å². The Balaban J connectivity index is 1.13. The summed E-state index contributed by atoms with van der Waals surface area (Å²) in [6, 6.07) is 27.9. The predicted molar refractivity (Wildman–Crippen MR) is 183 cm³/mol. The number of benzene rings is 3. The zero-order chi connectivity index (χ0) is 33.0. The third kappa shape index (κ3) is 7.67. The molecule has 9 heteroatoms. The highest BCUT2D eigenvalue weighted by Gasteiger charge is 2.35. The smallest absolute Gasteiger partial charge is 0.410 e. The summed E-state index contributed by atoms with van der Waals surface area (Å²) in [5, 5.41) is 3.13. The number of nitrogens with zero attached hydrogens (tertiary/aromatic N) is 4. The molecule has 4 aromatic rings. The predicted octanol–water partition coefficient (Wildman–Crippen LogP) is 6.24. The molecule has 1 N–H and O–H groups in total. The number of imidazole rings is 1. The molecular formula is C38H45N5O4. The lowest BCUT2D eigenvalue weighted by Crippen LogP contribution is -2.53. The van der Waals surface area contributed by atoms with Crippen molar-refractivity contribution in [2.45, 2.75) is 70.6 Å². The van der Waals surface area contributed by atoms with Crippen molar-refractivity contribution >= 4 is 28.9 Å². The first-order chi connectivity index (χ1) is 22.7. The van der Waals surface area contributed by atoms with Crippen molar-refractivity contribution in [3.05, 3.63) is 90.5 Å². The van der Waals surface area contributed by atoms with Gasteiger partial charge in [-0.1, -0.05) is 72.8 Å². The number of nitrogens with one attached hydrogen (secondary N) is 1. The summed E-state index contributed by atoms with van der Waals surface area (Å²) in [5.41, 5.74) is 3.57. The Morgan fingerprint density at radius 1 is 0.809 bits per heavy atom. The average Bonchev–Trinajstić information content (AvgIpc) is 3.48. The van der Waals surface area contributed by atoms with Gasteiger partial charge in [-0.25, -0.2) is 9.78 Å². The molecule has 0 spiro atoms. The Hall–Kier alpha value is -4.66. The minimum Gasteiger partial charge on any atom is -0.444 e. The number of piperidine rings is 2. The van der Waals surface area contributed by atoms with Crippen LogP contribution in [0, 0.1) is 5.92 Å². The first-order valence-corrected chi connectivity index (χ1v) is 16.8. The fraction of sp³-hybridized carbons (Fsp3) is 0.421. The number of amides is 3. The highest BCUT2D eigenvalue weighted by Crippen LogP contribution is 2.33. The first-order valence-electron chi connectivity index (χ1n) is 16.8. The van der Waals surface area contributed by atoms with E-state index in [0.717, 1.165) is 40.8 Å². The second-order valence-electron chi connectivity index (χ2n) is 13.7. The van der Waals surface area contributed by atoms with Crippen molar-refractivity contribution in [2.75, 3.05) is 26.2 Å². The molecule has 47 heavy (non-hydrogen) atoms. The minimum atomic E-state index is -0.667. The average molecular weight is 636 g/mol. The van der Waals surface area contributed by atoms with Crippen LogP contribution in [0.25, 0.3) is 22.4 Å². The van der Waals surface area contributed by atoms with Crippen LogP contribution in [0.1, 0.15) is 58.1 Å². The van der Waals surface area contributed by atoms with Gasteiger partial charge in [0.25, 0.3) is 0 Å². The third-order valence-corrected chi connectivity index (χ3v) is 9.18. The van der Waals surface area contributed by atoms with E-state index < -0.39 is 11.6 Å². The molecule has 1 atom stereocenters. The van der Waals surface area contributed by atoms with Crippen molar-refractivity contribution in [3.63, 3.8) is 0 Å². The molecule has 3 amide bonds. The number of aromatic nitrogens is 2. The van der Waals surface area contributed by atoms with Crippen molar-refractivity contribution in [1.29, 1.82) is 0 Å². The molecule has 2 aliphatic rings. The van der Waals surface area contributed by atoms with Crippen LogP contribution in [0.5, 0.6) is 0 Å². The van der Waals surface area contributed by atoms with Crippen LogP contribution in [0.15, 0.2) is 84.9 Å². The number of para-hydroxylation sites is 2. The molecule has 0 saturated carbocycles. The van der Waals surface area contributed by atoms with E-state index in [9.17, 15) is 14.4 Å². The van der Waals surface area contributed by atoms with Gasteiger partial charge in [-0.2, -0.15) is 0 Å². The highest BCUT2D eigenvalue weighted by molar-refractivity contribution is 5.89. The Morgan fingerprint density at radius 2 is 1.40 bits per heavy atom. The lowest BCUT2D eigenvalue weighted by molar-refractivity contribution is -0.138. The summed E-state index contributed by atoms with van der Waals surface area (Å²) >= 11 is 0. The van der Waals surface area contributed by atoms with Crippen LogP contribution in [-0.4, -0.2) is 75.1 Å². The fourth-order valence-electron chi connectivity index (χ4n) is 6.76. The Morgan fingerprint density at radius 3 is 2.06 bits per heavy atom. The number of ether oxygens (including phenoxy) is 1. The highest BCUT2D eigenvalue weighted by atomic mass is 16.6.